The topological polar surface area (TPSA) is 35.0 Å². The fraction of sp³-hybridized carbons (Fsp3) is 0.556. The van der Waals surface area contributed by atoms with E-state index >= 15 is 0 Å². The van der Waals surface area contributed by atoms with Crippen molar-refractivity contribution in [3.63, 3.8) is 0 Å². The molecule has 0 atom stereocenters. The number of hydrogen-bond donors (Lipinski definition) is 0. The van der Waals surface area contributed by atoms with E-state index in [-0.39, 0.29) is 0 Å². The van der Waals surface area contributed by atoms with Gasteiger partial charge in [-0.25, -0.2) is 4.98 Å². The summed E-state index contributed by atoms with van der Waals surface area (Å²) in [6.07, 6.45) is 1.72. The zero-order chi connectivity index (χ0) is 9.56. The van der Waals surface area contributed by atoms with Crippen molar-refractivity contribution in [2.24, 2.45) is 0 Å². The Morgan fingerprint density at radius 1 is 1.25 bits per heavy atom. The van der Waals surface area contributed by atoms with Gasteiger partial charge in [-0.15, -0.1) is 0 Å². The van der Waals surface area contributed by atoms with Gasteiger partial charge in [0.25, 0.3) is 0 Å². The van der Waals surface area contributed by atoms with Gasteiger partial charge in [0.1, 0.15) is 0 Å². The lowest BCUT2D eigenvalue weighted by Crippen LogP contribution is -1.95. The number of methoxy groups -OCH3 is 1. The second-order valence-corrected chi connectivity index (χ2v) is 2.11. The summed E-state index contributed by atoms with van der Waals surface area (Å²) in [5.74, 6) is 0.611. The molecule has 3 heteroatoms. The van der Waals surface area contributed by atoms with Crippen LogP contribution >= 0.6 is 0 Å². The monoisotopic (exact) mass is 168 g/mol. The summed E-state index contributed by atoms with van der Waals surface area (Å²) in [5, 5.41) is 0. The first-order chi connectivity index (χ1) is 5.74. The van der Waals surface area contributed by atoms with Crippen LogP contribution in [0.15, 0.2) is 6.20 Å². The summed E-state index contributed by atoms with van der Waals surface area (Å²) in [6.45, 7) is 7.75. The van der Waals surface area contributed by atoms with E-state index in [1.165, 1.54) is 0 Å². The van der Waals surface area contributed by atoms with E-state index in [0.717, 1.165) is 11.4 Å². The zero-order valence-electron chi connectivity index (χ0n) is 8.38. The predicted molar refractivity (Wildman–Crippen MR) is 49.4 cm³/mol. The molecular weight excluding hydrogens is 152 g/mol. The lowest BCUT2D eigenvalue weighted by atomic mass is 10.4. The first-order valence-corrected chi connectivity index (χ1v) is 4.08. The van der Waals surface area contributed by atoms with Gasteiger partial charge in [-0.2, -0.15) is 0 Å². The van der Waals surface area contributed by atoms with Gasteiger partial charge in [0.05, 0.1) is 18.5 Å². The minimum absolute atomic E-state index is 0.611. The van der Waals surface area contributed by atoms with E-state index in [2.05, 4.69) is 9.97 Å². The maximum atomic E-state index is 4.95. The van der Waals surface area contributed by atoms with Crippen molar-refractivity contribution in [3.05, 3.63) is 17.6 Å². The molecule has 0 aliphatic rings. The van der Waals surface area contributed by atoms with Gasteiger partial charge in [0.2, 0.25) is 5.88 Å². The Hall–Kier alpha value is -1.12. The van der Waals surface area contributed by atoms with Crippen LogP contribution in [0.5, 0.6) is 5.88 Å². The van der Waals surface area contributed by atoms with Crippen LogP contribution in [-0.4, -0.2) is 17.1 Å². The molecule has 1 aromatic heterocycles. The average Bonchev–Trinajstić information content (AvgIpc) is 2.13. The van der Waals surface area contributed by atoms with Crippen molar-refractivity contribution in [3.8, 4) is 5.88 Å². The van der Waals surface area contributed by atoms with Crippen LogP contribution in [-0.2, 0) is 0 Å². The fourth-order valence-electron chi connectivity index (χ4n) is 0.709. The molecule has 0 bridgehead atoms. The van der Waals surface area contributed by atoms with Gasteiger partial charge in [0.15, 0.2) is 0 Å². The van der Waals surface area contributed by atoms with Gasteiger partial charge >= 0.3 is 0 Å². The van der Waals surface area contributed by atoms with Crippen molar-refractivity contribution in [1.82, 2.24) is 9.97 Å². The lowest BCUT2D eigenvalue weighted by Gasteiger charge is -2.01. The molecule has 0 saturated carbocycles. The summed E-state index contributed by atoms with van der Waals surface area (Å²) in [7, 11) is 1.59. The maximum Gasteiger partial charge on any atom is 0.235 e. The highest BCUT2D eigenvalue weighted by atomic mass is 16.5. The van der Waals surface area contributed by atoms with Crippen molar-refractivity contribution >= 4 is 0 Å². The highest BCUT2D eigenvalue weighted by molar-refractivity contribution is 5.17. The molecule has 0 amide bonds. The minimum Gasteiger partial charge on any atom is -0.480 e. The molecule has 0 spiro atoms. The molecule has 0 saturated heterocycles. The Kier molecular flexibility index (Phi) is 5.00. The molecule has 0 aromatic carbocycles. The molecular formula is C9H16N2O. The third-order valence-electron chi connectivity index (χ3n) is 1.23. The highest BCUT2D eigenvalue weighted by Gasteiger charge is 1.98. The van der Waals surface area contributed by atoms with Crippen LogP contribution in [0.25, 0.3) is 0 Å². The number of rotatable bonds is 1. The molecule has 0 fully saturated rings. The molecule has 0 N–H and O–H groups in total. The second-order valence-electron chi connectivity index (χ2n) is 2.11. The number of hydrogen-bond acceptors (Lipinski definition) is 3. The predicted octanol–water partition coefficient (Wildman–Crippen LogP) is 2.13. The van der Waals surface area contributed by atoms with Gasteiger partial charge < -0.3 is 4.74 Å². The van der Waals surface area contributed by atoms with Crippen LogP contribution in [0, 0.1) is 13.8 Å². The van der Waals surface area contributed by atoms with Crippen LogP contribution in [0.3, 0.4) is 0 Å². The smallest absolute Gasteiger partial charge is 0.235 e. The standard InChI is InChI=1S/C7H10N2O.C2H6/c1-5-4-8-6(2)7(9-5)10-3;1-2/h4H,1-3H3;1-2H3. The zero-order valence-corrected chi connectivity index (χ0v) is 8.38. The Morgan fingerprint density at radius 2 is 1.83 bits per heavy atom. The fourth-order valence-corrected chi connectivity index (χ4v) is 0.709. The highest BCUT2D eigenvalue weighted by Crippen LogP contribution is 2.09. The number of ether oxygens (including phenoxy) is 1. The first-order valence-electron chi connectivity index (χ1n) is 4.08. The quantitative estimate of drug-likeness (QED) is 0.644. The summed E-state index contributed by atoms with van der Waals surface area (Å²) >= 11 is 0. The molecule has 12 heavy (non-hydrogen) atoms. The molecule has 0 aliphatic heterocycles. The van der Waals surface area contributed by atoms with Gasteiger partial charge in [-0.1, -0.05) is 13.8 Å². The van der Waals surface area contributed by atoms with E-state index in [1.807, 2.05) is 27.7 Å². The van der Waals surface area contributed by atoms with Gasteiger partial charge in [0, 0.05) is 6.20 Å². The van der Waals surface area contributed by atoms with Crippen molar-refractivity contribution in [2.45, 2.75) is 27.7 Å². The summed E-state index contributed by atoms with van der Waals surface area (Å²) in [6, 6.07) is 0. The van der Waals surface area contributed by atoms with Crippen LogP contribution in [0.2, 0.25) is 0 Å². The maximum absolute atomic E-state index is 4.95. The third kappa shape index (κ3) is 2.86. The largest absolute Gasteiger partial charge is 0.480 e. The van der Waals surface area contributed by atoms with E-state index in [0.29, 0.717) is 5.88 Å². The molecule has 0 aliphatic carbocycles. The number of nitrogens with zero attached hydrogens (tertiary/aromatic N) is 2. The van der Waals surface area contributed by atoms with Crippen molar-refractivity contribution in [1.29, 1.82) is 0 Å². The Balaban J connectivity index is 0.000000561. The van der Waals surface area contributed by atoms with Crippen LogP contribution in [0.4, 0.5) is 0 Å². The van der Waals surface area contributed by atoms with Crippen LogP contribution in [0.1, 0.15) is 25.2 Å². The minimum atomic E-state index is 0.611. The van der Waals surface area contributed by atoms with Gasteiger partial charge in [-0.05, 0) is 13.8 Å². The van der Waals surface area contributed by atoms with Crippen molar-refractivity contribution < 1.29 is 4.74 Å². The molecule has 3 nitrogen and oxygen atoms in total. The third-order valence-corrected chi connectivity index (χ3v) is 1.23. The normalized spacial score (nSPS) is 8.42. The van der Waals surface area contributed by atoms with E-state index in [1.54, 1.807) is 13.3 Å². The number of aryl methyl sites for hydroxylation is 2. The second kappa shape index (κ2) is 5.52. The van der Waals surface area contributed by atoms with Crippen molar-refractivity contribution in [2.75, 3.05) is 7.11 Å². The summed E-state index contributed by atoms with van der Waals surface area (Å²) in [5.41, 5.74) is 1.70. The van der Waals surface area contributed by atoms with Gasteiger partial charge in [-0.3, -0.25) is 4.98 Å². The molecule has 1 rings (SSSR count). The molecule has 1 aromatic rings. The Labute approximate surface area is 73.8 Å². The summed E-state index contributed by atoms with van der Waals surface area (Å²) < 4.78 is 4.95. The SMILES string of the molecule is CC.COc1nc(C)cnc1C. The van der Waals surface area contributed by atoms with Crippen LogP contribution < -0.4 is 4.74 Å². The van der Waals surface area contributed by atoms with E-state index < -0.39 is 0 Å². The van der Waals surface area contributed by atoms with E-state index in [4.69, 9.17) is 4.74 Å². The molecule has 1 heterocycles. The Morgan fingerprint density at radius 3 is 2.25 bits per heavy atom. The molecule has 0 unspecified atom stereocenters. The van der Waals surface area contributed by atoms with E-state index in [9.17, 15) is 0 Å². The Bertz CT molecular complexity index is 236. The molecule has 68 valence electrons. The summed E-state index contributed by atoms with van der Waals surface area (Å²) in [4.78, 5) is 8.17. The average molecular weight is 168 g/mol. The lowest BCUT2D eigenvalue weighted by molar-refractivity contribution is 0.390. The first kappa shape index (κ1) is 10.9. The molecule has 0 radical (unpaired) electrons. The number of aromatic nitrogens is 2.